The van der Waals surface area contributed by atoms with Gasteiger partial charge in [-0.15, -0.1) is 0 Å². The Bertz CT molecular complexity index is 914. The van der Waals surface area contributed by atoms with Gasteiger partial charge in [0.1, 0.15) is 11.5 Å². The van der Waals surface area contributed by atoms with Crippen LogP contribution in [-0.2, 0) is 4.79 Å². The molecular weight excluding hydrogens is 442 g/mol. The van der Waals surface area contributed by atoms with Gasteiger partial charge in [0.25, 0.3) is 11.1 Å². The highest BCUT2D eigenvalue weighted by Gasteiger charge is 2.36. The first-order chi connectivity index (χ1) is 12.4. The fraction of sp³-hybridized carbons (Fsp3) is 0.111. The number of hydrogen-bond acceptors (Lipinski definition) is 5. The van der Waals surface area contributed by atoms with Crippen LogP contribution in [0.4, 0.5) is 10.5 Å². The smallest absolute Gasteiger partial charge is 0.298 e. The Hall–Kier alpha value is -1.96. The Balaban J connectivity index is 1.98. The molecule has 1 heterocycles. The van der Waals surface area contributed by atoms with Crippen molar-refractivity contribution >= 4 is 62.2 Å². The number of carbonyl (C=O) groups excluding carboxylic acids is 2. The van der Waals surface area contributed by atoms with E-state index >= 15 is 0 Å². The molecule has 0 spiro atoms. The highest BCUT2D eigenvalue weighted by Crippen LogP contribution is 2.39. The van der Waals surface area contributed by atoms with Crippen molar-refractivity contribution in [1.29, 1.82) is 0 Å². The molecule has 3 rings (SSSR count). The van der Waals surface area contributed by atoms with Crippen molar-refractivity contribution in [2.45, 2.75) is 0 Å². The lowest BCUT2D eigenvalue weighted by molar-refractivity contribution is -0.113. The summed E-state index contributed by atoms with van der Waals surface area (Å²) in [4.78, 5) is 26.5. The minimum atomic E-state index is -0.392. The van der Waals surface area contributed by atoms with E-state index in [0.717, 1.165) is 16.7 Å². The molecule has 0 atom stereocenters. The van der Waals surface area contributed by atoms with Gasteiger partial charge in [-0.1, -0.05) is 11.6 Å². The van der Waals surface area contributed by atoms with Crippen LogP contribution in [0.5, 0.6) is 11.5 Å². The van der Waals surface area contributed by atoms with E-state index in [4.69, 9.17) is 21.1 Å². The molecule has 0 bridgehead atoms. The van der Waals surface area contributed by atoms with Crippen LogP contribution in [0.25, 0.3) is 6.08 Å². The van der Waals surface area contributed by atoms with E-state index in [9.17, 15) is 9.59 Å². The van der Waals surface area contributed by atoms with Gasteiger partial charge in [-0.05, 0) is 64.1 Å². The summed E-state index contributed by atoms with van der Waals surface area (Å²) in [5, 5.41) is 0.166. The molecule has 1 aliphatic heterocycles. The lowest BCUT2D eigenvalue weighted by Crippen LogP contribution is -2.27. The van der Waals surface area contributed by atoms with E-state index in [2.05, 4.69) is 15.9 Å². The number of thioether (sulfide) groups is 1. The van der Waals surface area contributed by atoms with Crippen LogP contribution in [0.1, 0.15) is 5.56 Å². The van der Waals surface area contributed by atoms with Crippen LogP contribution in [0.15, 0.2) is 45.8 Å². The van der Waals surface area contributed by atoms with Gasteiger partial charge < -0.3 is 9.47 Å². The molecule has 26 heavy (non-hydrogen) atoms. The molecular formula is C18H13BrClNO4S. The standard InChI is InChI=1S/C18H13BrClNO4S/c1-24-14-9-15(25-2)13(19)7-10(14)8-16-17(22)21(18(23)26-16)12-5-3-11(20)4-6-12/h3-9H,1-2H3/b16-8+. The molecule has 8 heteroatoms. The quantitative estimate of drug-likeness (QED) is 0.582. The van der Waals surface area contributed by atoms with Crippen LogP contribution in [-0.4, -0.2) is 25.4 Å². The average Bonchev–Trinajstić information content (AvgIpc) is 2.90. The topological polar surface area (TPSA) is 55.8 Å². The maximum absolute atomic E-state index is 12.7. The van der Waals surface area contributed by atoms with Crippen molar-refractivity contribution in [2.24, 2.45) is 0 Å². The molecule has 0 radical (unpaired) electrons. The third-order valence-corrected chi connectivity index (χ3v) is 5.41. The molecule has 2 aromatic rings. The highest BCUT2D eigenvalue weighted by molar-refractivity contribution is 9.10. The Morgan fingerprint density at radius 3 is 2.35 bits per heavy atom. The van der Waals surface area contributed by atoms with Crippen LogP contribution < -0.4 is 14.4 Å². The maximum atomic E-state index is 12.7. The number of amides is 2. The molecule has 0 saturated carbocycles. The second-order valence-corrected chi connectivity index (χ2v) is 7.51. The number of benzene rings is 2. The minimum absolute atomic E-state index is 0.306. The second-order valence-electron chi connectivity index (χ2n) is 5.22. The summed E-state index contributed by atoms with van der Waals surface area (Å²) in [6.07, 6.45) is 1.63. The number of methoxy groups -OCH3 is 2. The average molecular weight is 455 g/mol. The van der Waals surface area contributed by atoms with Crippen molar-refractivity contribution in [2.75, 3.05) is 19.1 Å². The molecule has 1 saturated heterocycles. The van der Waals surface area contributed by atoms with Gasteiger partial charge in [0, 0.05) is 16.7 Å². The monoisotopic (exact) mass is 453 g/mol. The normalized spacial score (nSPS) is 15.7. The summed E-state index contributed by atoms with van der Waals surface area (Å²) < 4.78 is 11.3. The fourth-order valence-electron chi connectivity index (χ4n) is 2.42. The zero-order chi connectivity index (χ0) is 18.8. The number of nitrogens with zero attached hydrogens (tertiary/aromatic N) is 1. The van der Waals surface area contributed by atoms with Gasteiger partial charge >= 0.3 is 0 Å². The summed E-state index contributed by atoms with van der Waals surface area (Å²) in [5.41, 5.74) is 1.13. The lowest BCUT2D eigenvalue weighted by Gasteiger charge is -2.12. The van der Waals surface area contributed by atoms with Gasteiger partial charge in [-0.25, -0.2) is 4.90 Å². The molecule has 2 aromatic carbocycles. The molecule has 2 amide bonds. The number of anilines is 1. The largest absolute Gasteiger partial charge is 0.496 e. The van der Waals surface area contributed by atoms with Gasteiger partial charge in [0.2, 0.25) is 0 Å². The Kier molecular flexibility index (Phi) is 5.60. The van der Waals surface area contributed by atoms with Crippen LogP contribution >= 0.6 is 39.3 Å². The number of ether oxygens (including phenoxy) is 2. The van der Waals surface area contributed by atoms with Gasteiger partial charge in [-0.2, -0.15) is 0 Å². The van der Waals surface area contributed by atoms with Crippen molar-refractivity contribution in [3.8, 4) is 11.5 Å². The lowest BCUT2D eigenvalue weighted by atomic mass is 10.1. The first kappa shape index (κ1) is 18.8. The van der Waals surface area contributed by atoms with Crippen LogP contribution in [0.2, 0.25) is 5.02 Å². The summed E-state index contributed by atoms with van der Waals surface area (Å²) in [6, 6.07) is 10.0. The number of hydrogen-bond donors (Lipinski definition) is 0. The molecule has 0 aromatic heterocycles. The predicted octanol–water partition coefficient (Wildman–Crippen LogP) is 5.36. The van der Waals surface area contributed by atoms with E-state index in [-0.39, 0.29) is 5.24 Å². The second kappa shape index (κ2) is 7.73. The highest BCUT2D eigenvalue weighted by atomic mass is 79.9. The molecule has 5 nitrogen and oxygen atoms in total. The molecule has 1 fully saturated rings. The Morgan fingerprint density at radius 2 is 1.73 bits per heavy atom. The van der Waals surface area contributed by atoms with E-state index in [1.165, 1.54) is 7.11 Å². The fourth-order valence-corrected chi connectivity index (χ4v) is 3.90. The summed E-state index contributed by atoms with van der Waals surface area (Å²) in [7, 11) is 3.08. The van der Waals surface area contributed by atoms with Crippen molar-refractivity contribution < 1.29 is 19.1 Å². The van der Waals surface area contributed by atoms with Crippen molar-refractivity contribution in [1.82, 2.24) is 0 Å². The summed E-state index contributed by atoms with van der Waals surface area (Å²) in [6.45, 7) is 0. The third kappa shape index (κ3) is 3.60. The van der Waals surface area contributed by atoms with Crippen LogP contribution in [0.3, 0.4) is 0 Å². The summed E-state index contributed by atoms with van der Waals surface area (Å²) >= 11 is 10.2. The van der Waals surface area contributed by atoms with Crippen LogP contribution in [0, 0.1) is 0 Å². The van der Waals surface area contributed by atoms with E-state index in [0.29, 0.717) is 37.2 Å². The van der Waals surface area contributed by atoms with Crippen molar-refractivity contribution in [3.63, 3.8) is 0 Å². The maximum Gasteiger partial charge on any atom is 0.298 e. The molecule has 0 N–H and O–H groups in total. The molecule has 134 valence electrons. The van der Waals surface area contributed by atoms with E-state index < -0.39 is 5.91 Å². The number of halogens is 2. The van der Waals surface area contributed by atoms with Gasteiger partial charge in [-0.3, -0.25) is 9.59 Å². The molecule has 0 aliphatic carbocycles. The Labute approximate surface area is 168 Å². The number of carbonyl (C=O) groups is 2. The zero-order valence-corrected chi connectivity index (χ0v) is 16.9. The third-order valence-electron chi connectivity index (χ3n) is 3.67. The molecule has 0 unspecified atom stereocenters. The van der Waals surface area contributed by atoms with E-state index in [1.807, 2.05) is 0 Å². The van der Waals surface area contributed by atoms with E-state index in [1.54, 1.807) is 49.6 Å². The minimum Gasteiger partial charge on any atom is -0.496 e. The predicted molar refractivity (Wildman–Crippen MR) is 107 cm³/mol. The zero-order valence-electron chi connectivity index (χ0n) is 13.8. The summed E-state index contributed by atoms with van der Waals surface area (Å²) in [5.74, 6) is 0.743. The number of imide groups is 1. The first-order valence-electron chi connectivity index (χ1n) is 7.39. The van der Waals surface area contributed by atoms with Gasteiger partial charge in [0.15, 0.2) is 0 Å². The van der Waals surface area contributed by atoms with Crippen molar-refractivity contribution in [3.05, 3.63) is 56.4 Å². The SMILES string of the molecule is COc1cc(OC)c(/C=C2/SC(=O)N(c3ccc(Cl)cc3)C2=O)cc1Br. The van der Waals surface area contributed by atoms with Gasteiger partial charge in [0.05, 0.1) is 29.3 Å². The Morgan fingerprint density at radius 1 is 1.08 bits per heavy atom. The first-order valence-corrected chi connectivity index (χ1v) is 9.38. The number of rotatable bonds is 4. The molecule has 1 aliphatic rings.